The number of allylic oxidation sites excluding steroid dienone is 2. The topological polar surface area (TPSA) is 92.8 Å². The van der Waals surface area contributed by atoms with Crippen LogP contribution in [-0.2, 0) is 23.9 Å². The van der Waals surface area contributed by atoms with Crippen molar-refractivity contribution in [1.82, 2.24) is 4.90 Å². The maximum atomic E-state index is 12.5. The van der Waals surface area contributed by atoms with Crippen molar-refractivity contribution in [3.05, 3.63) is 41.4 Å². The Morgan fingerprint density at radius 3 is 2.44 bits per heavy atom. The number of hydrogen-bond donors (Lipinski definition) is 1. The zero-order valence-electron chi connectivity index (χ0n) is 14.3. The van der Waals surface area contributed by atoms with Crippen molar-refractivity contribution in [3.8, 4) is 0 Å². The van der Waals surface area contributed by atoms with E-state index >= 15 is 0 Å². The molecule has 1 aromatic rings. The number of carbonyl (C=O) groups is 4. The highest BCUT2D eigenvalue weighted by Crippen LogP contribution is 2.52. The maximum Gasteiger partial charge on any atom is 0.326 e. The van der Waals surface area contributed by atoms with Crippen LogP contribution in [0, 0.1) is 23.7 Å². The molecule has 7 nitrogen and oxygen atoms in total. The molecule has 140 valence electrons. The quantitative estimate of drug-likeness (QED) is 0.470. The molecule has 0 spiro atoms. The molecule has 2 aliphatic carbocycles. The zero-order chi connectivity index (χ0) is 19.1. The maximum absolute atomic E-state index is 12.5. The van der Waals surface area contributed by atoms with Crippen molar-refractivity contribution in [2.75, 3.05) is 18.5 Å². The molecule has 4 rings (SSSR count). The third-order valence-corrected chi connectivity index (χ3v) is 5.56. The molecule has 4 atom stereocenters. The molecule has 1 saturated heterocycles. The number of ether oxygens (including phenoxy) is 1. The number of benzene rings is 1. The average Bonchev–Trinajstić information content (AvgIpc) is 3.30. The minimum atomic E-state index is -0.793. The van der Waals surface area contributed by atoms with E-state index in [0.717, 1.165) is 11.3 Å². The Bertz CT molecular complexity index is 837. The zero-order valence-corrected chi connectivity index (χ0v) is 15.0. The first-order chi connectivity index (χ1) is 12.9. The molecule has 1 N–H and O–H groups in total. The lowest BCUT2D eigenvalue weighted by Gasteiger charge is -2.16. The Balaban J connectivity index is 1.29. The molecule has 1 saturated carbocycles. The summed E-state index contributed by atoms with van der Waals surface area (Å²) >= 11 is 5.83. The first-order valence-electron chi connectivity index (χ1n) is 8.68. The van der Waals surface area contributed by atoms with Gasteiger partial charge in [-0.3, -0.25) is 24.1 Å². The van der Waals surface area contributed by atoms with Gasteiger partial charge in [-0.2, -0.15) is 0 Å². The van der Waals surface area contributed by atoms with Crippen LogP contribution in [0.5, 0.6) is 0 Å². The second-order valence-electron chi connectivity index (χ2n) is 6.98. The monoisotopic (exact) mass is 388 g/mol. The number of nitrogens with zero attached hydrogens (tertiary/aromatic N) is 1. The number of halogens is 1. The van der Waals surface area contributed by atoms with Crippen LogP contribution in [0.15, 0.2) is 36.4 Å². The molecule has 2 bridgehead atoms. The van der Waals surface area contributed by atoms with Gasteiger partial charge in [0, 0.05) is 10.7 Å². The number of esters is 1. The number of rotatable bonds is 5. The predicted octanol–water partition coefficient (Wildman–Crippen LogP) is 1.63. The largest absolute Gasteiger partial charge is 0.454 e. The first kappa shape index (κ1) is 17.7. The van der Waals surface area contributed by atoms with Crippen molar-refractivity contribution in [1.29, 1.82) is 0 Å². The lowest BCUT2D eigenvalue weighted by molar-refractivity contribution is -0.154. The molecule has 27 heavy (non-hydrogen) atoms. The summed E-state index contributed by atoms with van der Waals surface area (Å²) in [4.78, 5) is 49.9. The van der Waals surface area contributed by atoms with Crippen LogP contribution >= 0.6 is 11.6 Å². The summed E-state index contributed by atoms with van der Waals surface area (Å²) in [5, 5.41) is 3.01. The number of fused-ring (bicyclic) bond motifs is 5. The van der Waals surface area contributed by atoms with Gasteiger partial charge in [0.25, 0.3) is 5.91 Å². The molecule has 0 aromatic heterocycles. The van der Waals surface area contributed by atoms with Crippen molar-refractivity contribution < 1.29 is 23.9 Å². The van der Waals surface area contributed by atoms with Gasteiger partial charge in [-0.05, 0) is 36.5 Å². The summed E-state index contributed by atoms with van der Waals surface area (Å²) in [6.45, 7) is -0.976. The van der Waals surface area contributed by atoms with E-state index < -0.39 is 25.0 Å². The number of nitrogens with one attached hydrogen (secondary N) is 1. The van der Waals surface area contributed by atoms with E-state index in [1.807, 2.05) is 12.2 Å². The van der Waals surface area contributed by atoms with Gasteiger partial charge in [0.1, 0.15) is 6.54 Å². The summed E-state index contributed by atoms with van der Waals surface area (Å²) in [5.74, 6) is -2.51. The summed E-state index contributed by atoms with van der Waals surface area (Å²) in [6, 6.07) is 6.55. The van der Waals surface area contributed by atoms with Gasteiger partial charge in [0.2, 0.25) is 11.8 Å². The Hall–Kier alpha value is -2.67. The highest BCUT2D eigenvalue weighted by molar-refractivity contribution is 6.30. The van der Waals surface area contributed by atoms with E-state index in [9.17, 15) is 19.2 Å². The van der Waals surface area contributed by atoms with Crippen LogP contribution in [0.4, 0.5) is 5.69 Å². The van der Waals surface area contributed by atoms with Crippen molar-refractivity contribution >= 4 is 41.0 Å². The van der Waals surface area contributed by atoms with Gasteiger partial charge >= 0.3 is 5.97 Å². The fourth-order valence-corrected chi connectivity index (χ4v) is 4.39. The van der Waals surface area contributed by atoms with E-state index in [0.29, 0.717) is 10.7 Å². The van der Waals surface area contributed by atoms with Crippen LogP contribution in [-0.4, -0.2) is 41.7 Å². The normalized spacial score (nSPS) is 27.8. The SMILES string of the molecule is O=C(COC(=O)CN1C(=O)[C@@H]2[C@H](C1=O)[C@@H]1C=C[C@H]2C1)Nc1cccc(Cl)c1. The number of hydrogen-bond acceptors (Lipinski definition) is 5. The molecule has 3 amide bonds. The Morgan fingerprint density at radius 1 is 1.15 bits per heavy atom. The van der Waals surface area contributed by atoms with Crippen LogP contribution in [0.1, 0.15) is 6.42 Å². The van der Waals surface area contributed by atoms with E-state index in [1.165, 1.54) is 0 Å². The Morgan fingerprint density at radius 2 is 1.81 bits per heavy atom. The van der Waals surface area contributed by atoms with Crippen LogP contribution in [0.3, 0.4) is 0 Å². The van der Waals surface area contributed by atoms with E-state index in [4.69, 9.17) is 16.3 Å². The summed E-state index contributed by atoms with van der Waals surface area (Å²) < 4.78 is 4.91. The fourth-order valence-electron chi connectivity index (χ4n) is 4.20. The van der Waals surface area contributed by atoms with Gasteiger partial charge in [-0.15, -0.1) is 0 Å². The Kier molecular flexibility index (Phi) is 4.47. The fraction of sp³-hybridized carbons (Fsp3) is 0.368. The van der Waals surface area contributed by atoms with Crippen LogP contribution in [0.2, 0.25) is 5.02 Å². The molecule has 0 radical (unpaired) electrons. The minimum Gasteiger partial charge on any atom is -0.454 e. The smallest absolute Gasteiger partial charge is 0.326 e. The molecule has 2 fully saturated rings. The molecule has 1 heterocycles. The standard InChI is InChI=1S/C19H17ClN2O5/c20-12-2-1-3-13(7-12)21-14(23)9-27-15(24)8-22-18(25)16-10-4-5-11(6-10)17(16)19(22)26/h1-5,7,10-11,16-17H,6,8-9H2,(H,21,23)/t10-,11+,16-,17+. The Labute approximate surface area is 160 Å². The molecule has 1 aromatic carbocycles. The van der Waals surface area contributed by atoms with Crippen molar-refractivity contribution in [2.24, 2.45) is 23.7 Å². The van der Waals surface area contributed by atoms with Gasteiger partial charge in [0.15, 0.2) is 6.61 Å². The molecule has 8 heteroatoms. The van der Waals surface area contributed by atoms with Gasteiger partial charge in [-0.1, -0.05) is 29.8 Å². The lowest BCUT2D eigenvalue weighted by Crippen LogP contribution is -2.38. The highest BCUT2D eigenvalue weighted by Gasteiger charge is 2.59. The van der Waals surface area contributed by atoms with Crippen molar-refractivity contribution in [3.63, 3.8) is 0 Å². The summed E-state index contributed by atoms with van der Waals surface area (Å²) in [6.07, 6.45) is 4.80. The molecular formula is C19H17ClN2O5. The van der Waals surface area contributed by atoms with Crippen LogP contribution < -0.4 is 5.32 Å². The molecule has 1 aliphatic heterocycles. The average molecular weight is 389 g/mol. The number of carbonyl (C=O) groups excluding carboxylic acids is 4. The lowest BCUT2D eigenvalue weighted by atomic mass is 9.85. The van der Waals surface area contributed by atoms with Crippen molar-refractivity contribution in [2.45, 2.75) is 6.42 Å². The van der Waals surface area contributed by atoms with Gasteiger partial charge in [0.05, 0.1) is 11.8 Å². The third-order valence-electron chi connectivity index (χ3n) is 5.32. The predicted molar refractivity (Wildman–Crippen MR) is 95.5 cm³/mol. The minimum absolute atomic E-state index is 0.0842. The molecular weight excluding hydrogens is 372 g/mol. The van der Waals surface area contributed by atoms with Gasteiger partial charge in [-0.25, -0.2) is 0 Å². The summed E-state index contributed by atoms with van der Waals surface area (Å²) in [7, 11) is 0. The third kappa shape index (κ3) is 3.23. The second kappa shape index (κ2) is 6.81. The number of amides is 3. The molecule has 0 unspecified atom stereocenters. The summed E-state index contributed by atoms with van der Waals surface area (Å²) in [5.41, 5.74) is 0.476. The van der Waals surface area contributed by atoms with E-state index in [2.05, 4.69) is 5.32 Å². The van der Waals surface area contributed by atoms with E-state index in [1.54, 1.807) is 24.3 Å². The highest BCUT2D eigenvalue weighted by atomic mass is 35.5. The van der Waals surface area contributed by atoms with Crippen LogP contribution in [0.25, 0.3) is 0 Å². The number of likely N-dealkylation sites (tertiary alicyclic amines) is 1. The van der Waals surface area contributed by atoms with Gasteiger partial charge < -0.3 is 10.1 Å². The first-order valence-corrected chi connectivity index (χ1v) is 9.06. The second-order valence-corrected chi connectivity index (χ2v) is 7.42. The van der Waals surface area contributed by atoms with E-state index in [-0.39, 0.29) is 35.5 Å². The number of anilines is 1. The number of imide groups is 1. The molecule has 3 aliphatic rings.